The summed E-state index contributed by atoms with van der Waals surface area (Å²) >= 11 is 1.84. The SMILES string of the molecule is C=C(C)C(=O)NCCCNC(=O)c1ccc(C(=C\C=C2/N(CCCS(=O)(=O)O)c3ccc4ccccc4c3C2(C)C)/C=C/C(=C)C(C)(C)c2c(NCCCSC)ccc3ccccc23)cc1. The van der Waals surface area contributed by atoms with E-state index in [1.165, 1.54) is 10.9 Å². The lowest BCUT2D eigenvalue weighted by Gasteiger charge is -2.31. The molecule has 9 nitrogen and oxygen atoms in total. The summed E-state index contributed by atoms with van der Waals surface area (Å²) in [4.78, 5) is 27.3. The molecule has 1 heterocycles. The van der Waals surface area contributed by atoms with Crippen LogP contribution in [0.1, 0.15) is 80.9 Å². The number of rotatable bonds is 21. The van der Waals surface area contributed by atoms with Gasteiger partial charge in [-0.1, -0.05) is 132 Å². The van der Waals surface area contributed by atoms with Gasteiger partial charge in [-0.05, 0) is 118 Å². The molecule has 346 valence electrons. The lowest BCUT2D eigenvalue weighted by molar-refractivity contribution is -0.117. The molecule has 66 heavy (non-hydrogen) atoms. The molecule has 1 aliphatic heterocycles. The van der Waals surface area contributed by atoms with Crippen molar-refractivity contribution in [2.24, 2.45) is 0 Å². The number of hydrogen-bond acceptors (Lipinski definition) is 7. The van der Waals surface area contributed by atoms with E-state index in [-0.39, 0.29) is 24.0 Å². The number of thioether (sulfide) groups is 1. The van der Waals surface area contributed by atoms with Gasteiger partial charge in [-0.2, -0.15) is 20.2 Å². The minimum absolute atomic E-state index is 0.204. The Morgan fingerprint density at radius 2 is 1.44 bits per heavy atom. The smallest absolute Gasteiger partial charge is 0.264 e. The highest BCUT2D eigenvalue weighted by molar-refractivity contribution is 7.98. The molecule has 0 aliphatic carbocycles. The van der Waals surface area contributed by atoms with Crippen LogP contribution in [0.3, 0.4) is 0 Å². The Kier molecular flexibility index (Phi) is 16.2. The highest BCUT2D eigenvalue weighted by atomic mass is 32.2. The average molecular weight is 925 g/mol. The summed E-state index contributed by atoms with van der Waals surface area (Å²) in [6, 6.07) is 32.8. The summed E-state index contributed by atoms with van der Waals surface area (Å²) in [6.45, 7) is 20.9. The maximum absolute atomic E-state index is 13.2. The number of nitrogens with zero attached hydrogens (tertiary/aromatic N) is 1. The van der Waals surface area contributed by atoms with Crippen molar-refractivity contribution in [1.29, 1.82) is 0 Å². The normalized spacial score (nSPS) is 14.5. The van der Waals surface area contributed by atoms with E-state index in [0.29, 0.717) is 37.2 Å². The van der Waals surface area contributed by atoms with Crippen molar-refractivity contribution < 1.29 is 22.6 Å². The van der Waals surface area contributed by atoms with Gasteiger partial charge in [0.25, 0.3) is 16.0 Å². The Hall–Kier alpha value is -5.88. The van der Waals surface area contributed by atoms with Gasteiger partial charge in [0.05, 0.1) is 5.75 Å². The van der Waals surface area contributed by atoms with Gasteiger partial charge in [-0.25, -0.2) is 0 Å². The van der Waals surface area contributed by atoms with Gasteiger partial charge < -0.3 is 20.9 Å². The maximum Gasteiger partial charge on any atom is 0.264 e. The maximum atomic E-state index is 13.2. The first-order chi connectivity index (χ1) is 31.4. The first-order valence-electron chi connectivity index (χ1n) is 22.6. The van der Waals surface area contributed by atoms with Crippen LogP contribution in [0.25, 0.3) is 27.1 Å². The number of amides is 2. The van der Waals surface area contributed by atoms with Crippen LogP contribution in [0.4, 0.5) is 11.4 Å². The molecule has 11 heteroatoms. The average Bonchev–Trinajstić information content (AvgIpc) is 3.51. The van der Waals surface area contributed by atoms with Crippen molar-refractivity contribution >= 4 is 72.2 Å². The van der Waals surface area contributed by atoms with Crippen LogP contribution in [-0.4, -0.2) is 68.7 Å². The molecule has 0 saturated carbocycles. The Bertz CT molecular complexity index is 2820. The summed E-state index contributed by atoms with van der Waals surface area (Å²) in [6.07, 6.45) is 12.4. The van der Waals surface area contributed by atoms with E-state index in [0.717, 1.165) is 74.2 Å². The van der Waals surface area contributed by atoms with Crippen molar-refractivity contribution in [1.82, 2.24) is 10.6 Å². The zero-order valence-corrected chi connectivity index (χ0v) is 40.8. The molecule has 4 N–H and O–H groups in total. The molecule has 0 bridgehead atoms. The Morgan fingerprint density at radius 3 is 2.12 bits per heavy atom. The number of fused-ring (bicyclic) bond motifs is 4. The van der Waals surface area contributed by atoms with Crippen LogP contribution in [0, 0.1) is 0 Å². The quantitative estimate of drug-likeness (QED) is 0.0248. The fraction of sp³-hybridized carbons (Fsp3) is 0.309. The summed E-state index contributed by atoms with van der Waals surface area (Å²) in [7, 11) is -4.16. The molecular weight excluding hydrogens is 861 g/mol. The van der Waals surface area contributed by atoms with E-state index >= 15 is 0 Å². The van der Waals surface area contributed by atoms with E-state index in [2.05, 4.69) is 153 Å². The molecule has 5 aromatic carbocycles. The van der Waals surface area contributed by atoms with Crippen LogP contribution < -0.4 is 20.9 Å². The largest absolute Gasteiger partial charge is 0.385 e. The number of allylic oxidation sites excluding steroid dienone is 7. The second-order valence-electron chi connectivity index (χ2n) is 18.0. The van der Waals surface area contributed by atoms with Crippen LogP contribution >= 0.6 is 11.8 Å². The van der Waals surface area contributed by atoms with Crippen molar-refractivity contribution in [3.63, 3.8) is 0 Å². The summed E-state index contributed by atoms with van der Waals surface area (Å²) in [5, 5.41) is 14.1. The summed E-state index contributed by atoms with van der Waals surface area (Å²) < 4.78 is 33.5. The standard InChI is InChI=1S/C55H64N4O5S2/c1-38(2)52(60)57-32-13-33-58-53(61)44-24-22-41(23-25-44)40(21-20-39(3)54(4,5)50-45-18-11-9-16-42(45)26-29-47(50)56-34-14-36-65-8)28-31-49-55(6,7)51-46-19-12-10-17-43(46)27-30-48(51)59(49)35-15-37-66(62,63)64/h9-12,16-31,56H,1,3,13-15,32-37H2,2,4-8H3,(H,57,60)(H,58,61)(H,62,63,64)/b21-20+,40-28-,49-31-. The fourth-order valence-electron chi connectivity index (χ4n) is 8.75. The summed E-state index contributed by atoms with van der Waals surface area (Å²) in [5.74, 6) is 0.311. The van der Waals surface area contributed by atoms with Crippen molar-refractivity contribution in [3.8, 4) is 0 Å². The third kappa shape index (κ3) is 11.7. The molecule has 0 radical (unpaired) electrons. The van der Waals surface area contributed by atoms with Gasteiger partial charge in [0.15, 0.2) is 0 Å². The minimum atomic E-state index is -4.16. The van der Waals surface area contributed by atoms with Crippen molar-refractivity contribution in [2.45, 2.75) is 64.7 Å². The Morgan fingerprint density at radius 1 is 0.803 bits per heavy atom. The molecule has 0 saturated heterocycles. The molecule has 0 fully saturated rings. The number of carbonyl (C=O) groups is 2. The molecule has 2 amide bonds. The summed E-state index contributed by atoms with van der Waals surface area (Å²) in [5.41, 5.74) is 8.06. The van der Waals surface area contributed by atoms with E-state index in [1.54, 1.807) is 6.92 Å². The lowest BCUT2D eigenvalue weighted by atomic mass is 9.75. The predicted molar refractivity (Wildman–Crippen MR) is 279 cm³/mol. The van der Waals surface area contributed by atoms with Crippen LogP contribution in [0.2, 0.25) is 0 Å². The number of benzene rings is 5. The van der Waals surface area contributed by atoms with Crippen molar-refractivity contribution in [3.05, 3.63) is 174 Å². The second-order valence-corrected chi connectivity index (χ2v) is 20.5. The van der Waals surface area contributed by atoms with Gasteiger partial charge in [0.1, 0.15) is 0 Å². The van der Waals surface area contributed by atoms with E-state index < -0.39 is 20.9 Å². The minimum Gasteiger partial charge on any atom is -0.385 e. The van der Waals surface area contributed by atoms with Crippen LogP contribution in [0.5, 0.6) is 0 Å². The second kappa shape index (κ2) is 21.6. The molecule has 5 aromatic rings. The third-order valence-corrected chi connectivity index (χ3v) is 13.9. The molecule has 6 rings (SSSR count). The molecule has 0 unspecified atom stereocenters. The lowest BCUT2D eigenvalue weighted by Crippen LogP contribution is -2.30. The third-order valence-electron chi connectivity index (χ3n) is 12.4. The zero-order chi connectivity index (χ0) is 47.6. The van der Waals surface area contributed by atoms with Crippen molar-refractivity contribution in [2.75, 3.05) is 54.2 Å². The van der Waals surface area contributed by atoms with Gasteiger partial charge in [0.2, 0.25) is 5.91 Å². The fourth-order valence-corrected chi connectivity index (χ4v) is 9.68. The molecule has 0 aromatic heterocycles. The van der Waals surface area contributed by atoms with Gasteiger partial charge in [-0.3, -0.25) is 14.1 Å². The first-order valence-corrected chi connectivity index (χ1v) is 25.6. The zero-order valence-electron chi connectivity index (χ0n) is 39.2. The van der Waals surface area contributed by atoms with Crippen LogP contribution in [0.15, 0.2) is 151 Å². The highest BCUT2D eigenvalue weighted by Crippen LogP contribution is 2.51. The molecule has 0 atom stereocenters. The van der Waals surface area contributed by atoms with Gasteiger partial charge in [-0.15, -0.1) is 0 Å². The topological polar surface area (TPSA) is 128 Å². The molecular formula is C55H64N4O5S2. The van der Waals surface area contributed by atoms with E-state index in [1.807, 2.05) is 48.2 Å². The number of nitrogens with one attached hydrogen (secondary N) is 3. The van der Waals surface area contributed by atoms with E-state index in [9.17, 15) is 22.6 Å². The van der Waals surface area contributed by atoms with Gasteiger partial charge in [0, 0.05) is 65.2 Å². The highest BCUT2D eigenvalue weighted by Gasteiger charge is 2.41. The molecule has 0 spiro atoms. The first kappa shape index (κ1) is 49.6. The molecule has 1 aliphatic rings. The monoisotopic (exact) mass is 924 g/mol. The Balaban J connectivity index is 1.39. The number of hydrogen-bond donors (Lipinski definition) is 4. The van der Waals surface area contributed by atoms with Crippen LogP contribution in [-0.2, 0) is 25.7 Å². The number of anilines is 2. The van der Waals surface area contributed by atoms with E-state index in [4.69, 9.17) is 0 Å². The Labute approximate surface area is 396 Å². The van der Waals surface area contributed by atoms with Gasteiger partial charge >= 0.3 is 0 Å². The number of carbonyl (C=O) groups excluding carboxylic acids is 2. The predicted octanol–water partition coefficient (Wildman–Crippen LogP) is 11.4.